The summed E-state index contributed by atoms with van der Waals surface area (Å²) in [6, 6.07) is 21.4. The molecule has 3 rings (SSSR count). The maximum atomic E-state index is 4.59. The summed E-state index contributed by atoms with van der Waals surface area (Å²) in [6.45, 7) is 2.26. The Hall–Kier alpha value is -2.19. The van der Waals surface area contributed by atoms with Crippen molar-refractivity contribution in [1.82, 2.24) is 10.3 Å². The van der Waals surface area contributed by atoms with Gasteiger partial charge in [-0.2, -0.15) is 0 Å². The van der Waals surface area contributed by atoms with Gasteiger partial charge in [-0.05, 0) is 30.3 Å². The van der Waals surface area contributed by atoms with Crippen molar-refractivity contribution in [3.63, 3.8) is 0 Å². The predicted octanol–water partition coefficient (Wildman–Crippen LogP) is 4.30. The molecule has 2 heteroatoms. The smallest absolute Gasteiger partial charge is 0.0702 e. The first-order valence-electron chi connectivity index (χ1n) is 7.36. The quantitative estimate of drug-likeness (QED) is 0.768. The van der Waals surface area contributed by atoms with Crippen molar-refractivity contribution in [3.8, 4) is 0 Å². The lowest BCUT2D eigenvalue weighted by atomic mass is 9.89. The number of benzene rings is 2. The van der Waals surface area contributed by atoms with Gasteiger partial charge in [-0.1, -0.05) is 55.5 Å². The molecule has 1 heterocycles. The van der Waals surface area contributed by atoms with E-state index in [1.807, 2.05) is 25.4 Å². The Kier molecular flexibility index (Phi) is 3.98. The van der Waals surface area contributed by atoms with Gasteiger partial charge in [-0.15, -0.1) is 0 Å². The molecule has 0 aliphatic carbocycles. The highest BCUT2D eigenvalue weighted by atomic mass is 14.9. The van der Waals surface area contributed by atoms with E-state index >= 15 is 0 Å². The van der Waals surface area contributed by atoms with Crippen LogP contribution in [-0.2, 0) is 0 Å². The van der Waals surface area contributed by atoms with Gasteiger partial charge in [0.05, 0.1) is 5.52 Å². The van der Waals surface area contributed by atoms with E-state index in [0.717, 1.165) is 5.52 Å². The van der Waals surface area contributed by atoms with Crippen LogP contribution >= 0.6 is 0 Å². The number of hydrogen-bond donors (Lipinski definition) is 1. The Morgan fingerprint density at radius 2 is 1.62 bits per heavy atom. The van der Waals surface area contributed by atoms with Crippen LogP contribution < -0.4 is 5.32 Å². The van der Waals surface area contributed by atoms with Gasteiger partial charge in [0.1, 0.15) is 0 Å². The summed E-state index contributed by atoms with van der Waals surface area (Å²) in [5.41, 5.74) is 3.61. The Balaban J connectivity index is 1.98. The van der Waals surface area contributed by atoms with Gasteiger partial charge in [-0.25, -0.2) is 0 Å². The molecule has 21 heavy (non-hydrogen) atoms. The van der Waals surface area contributed by atoms with Crippen LogP contribution in [0.15, 0.2) is 66.9 Å². The van der Waals surface area contributed by atoms with Crippen LogP contribution in [0.1, 0.15) is 30.0 Å². The number of aromatic nitrogens is 1. The Morgan fingerprint density at radius 3 is 2.38 bits per heavy atom. The van der Waals surface area contributed by atoms with Gasteiger partial charge in [-0.3, -0.25) is 4.98 Å². The molecule has 0 saturated heterocycles. The van der Waals surface area contributed by atoms with Gasteiger partial charge in [0.15, 0.2) is 0 Å². The molecule has 1 aromatic heterocycles. The van der Waals surface area contributed by atoms with Crippen LogP contribution in [0, 0.1) is 0 Å². The standard InChI is InChI=1S/C19H20N2/c1-14(15-8-4-3-5-9-15)19(20-2)17-12-16-10-6-7-11-18(16)21-13-17/h3-14,19-20H,1-2H3. The van der Waals surface area contributed by atoms with Crippen LogP contribution in [0.5, 0.6) is 0 Å². The summed E-state index contributed by atoms with van der Waals surface area (Å²) in [5.74, 6) is 0.388. The second kappa shape index (κ2) is 6.06. The molecule has 2 aromatic carbocycles. The first kappa shape index (κ1) is 13.8. The van der Waals surface area contributed by atoms with Crippen LogP contribution in [0.2, 0.25) is 0 Å². The molecule has 0 aliphatic heterocycles. The number of para-hydroxylation sites is 1. The number of nitrogens with one attached hydrogen (secondary N) is 1. The van der Waals surface area contributed by atoms with Crippen LogP contribution in [-0.4, -0.2) is 12.0 Å². The zero-order chi connectivity index (χ0) is 14.7. The minimum Gasteiger partial charge on any atom is -0.312 e. The van der Waals surface area contributed by atoms with Crippen molar-refractivity contribution in [3.05, 3.63) is 78.0 Å². The Bertz CT molecular complexity index is 722. The first-order chi connectivity index (χ1) is 10.3. The third-order valence-electron chi connectivity index (χ3n) is 4.11. The minimum absolute atomic E-state index is 0.254. The van der Waals surface area contributed by atoms with E-state index in [4.69, 9.17) is 0 Å². The average Bonchev–Trinajstić information content (AvgIpc) is 2.56. The molecule has 1 N–H and O–H groups in total. The van der Waals surface area contributed by atoms with Crippen LogP contribution in [0.25, 0.3) is 10.9 Å². The van der Waals surface area contributed by atoms with Crippen molar-refractivity contribution >= 4 is 10.9 Å². The fraction of sp³-hybridized carbons (Fsp3) is 0.211. The SMILES string of the molecule is CNC(c1cnc2ccccc2c1)C(C)c1ccccc1. The van der Waals surface area contributed by atoms with Crippen molar-refractivity contribution in [1.29, 1.82) is 0 Å². The summed E-state index contributed by atoms with van der Waals surface area (Å²) in [5, 5.41) is 4.63. The molecule has 0 fully saturated rings. The van der Waals surface area contributed by atoms with Crippen LogP contribution in [0.3, 0.4) is 0 Å². The zero-order valence-electron chi connectivity index (χ0n) is 12.5. The van der Waals surface area contributed by atoms with Crippen molar-refractivity contribution in [2.45, 2.75) is 18.9 Å². The third-order valence-corrected chi connectivity index (χ3v) is 4.11. The van der Waals surface area contributed by atoms with E-state index in [9.17, 15) is 0 Å². The lowest BCUT2D eigenvalue weighted by molar-refractivity contribution is 0.507. The largest absolute Gasteiger partial charge is 0.312 e. The number of likely N-dealkylation sites (N-methyl/N-ethyl adjacent to an activating group) is 1. The molecule has 0 spiro atoms. The summed E-state index contributed by atoms with van der Waals surface area (Å²) < 4.78 is 0. The molecule has 0 radical (unpaired) electrons. The highest BCUT2D eigenvalue weighted by Gasteiger charge is 2.19. The first-order valence-corrected chi connectivity index (χ1v) is 7.36. The summed E-state index contributed by atoms with van der Waals surface area (Å²) in [7, 11) is 2.01. The molecule has 0 saturated carbocycles. The predicted molar refractivity (Wildman–Crippen MR) is 88.4 cm³/mol. The molecule has 2 atom stereocenters. The topological polar surface area (TPSA) is 24.9 Å². The molecule has 106 valence electrons. The second-order valence-electron chi connectivity index (χ2n) is 5.43. The second-order valence-corrected chi connectivity index (χ2v) is 5.43. The number of fused-ring (bicyclic) bond motifs is 1. The van der Waals surface area contributed by atoms with E-state index in [2.05, 4.69) is 65.8 Å². The lowest BCUT2D eigenvalue weighted by Crippen LogP contribution is -2.22. The molecular weight excluding hydrogens is 256 g/mol. The molecule has 3 aromatic rings. The van der Waals surface area contributed by atoms with Gasteiger partial charge in [0.2, 0.25) is 0 Å². The Labute approximate surface area is 125 Å². The maximum Gasteiger partial charge on any atom is 0.0702 e. The minimum atomic E-state index is 0.254. The number of nitrogens with zero attached hydrogens (tertiary/aromatic N) is 1. The average molecular weight is 276 g/mol. The van der Waals surface area contributed by atoms with E-state index in [0.29, 0.717) is 5.92 Å². The molecular formula is C19H20N2. The molecule has 0 bridgehead atoms. The molecule has 0 aliphatic rings. The molecule has 0 amide bonds. The summed E-state index contributed by atoms with van der Waals surface area (Å²) in [6.07, 6.45) is 1.99. The summed E-state index contributed by atoms with van der Waals surface area (Å²) >= 11 is 0. The van der Waals surface area contributed by atoms with Gasteiger partial charge in [0.25, 0.3) is 0 Å². The third kappa shape index (κ3) is 2.81. The van der Waals surface area contributed by atoms with Crippen LogP contribution in [0.4, 0.5) is 0 Å². The fourth-order valence-corrected chi connectivity index (χ4v) is 2.91. The van der Waals surface area contributed by atoms with Crippen molar-refractivity contribution < 1.29 is 0 Å². The van der Waals surface area contributed by atoms with E-state index in [1.54, 1.807) is 0 Å². The van der Waals surface area contributed by atoms with Gasteiger partial charge < -0.3 is 5.32 Å². The lowest BCUT2D eigenvalue weighted by Gasteiger charge is -2.24. The van der Waals surface area contributed by atoms with E-state index in [1.165, 1.54) is 16.5 Å². The van der Waals surface area contributed by atoms with E-state index in [-0.39, 0.29) is 6.04 Å². The fourth-order valence-electron chi connectivity index (χ4n) is 2.91. The zero-order valence-corrected chi connectivity index (χ0v) is 12.5. The number of rotatable bonds is 4. The molecule has 2 unspecified atom stereocenters. The highest BCUT2D eigenvalue weighted by Crippen LogP contribution is 2.31. The van der Waals surface area contributed by atoms with Crippen molar-refractivity contribution in [2.75, 3.05) is 7.05 Å². The van der Waals surface area contributed by atoms with Gasteiger partial charge in [0, 0.05) is 23.5 Å². The maximum absolute atomic E-state index is 4.59. The highest BCUT2D eigenvalue weighted by molar-refractivity contribution is 5.78. The number of hydrogen-bond acceptors (Lipinski definition) is 2. The normalized spacial score (nSPS) is 14.0. The Morgan fingerprint density at radius 1 is 0.905 bits per heavy atom. The summed E-state index contributed by atoms with van der Waals surface area (Å²) in [4.78, 5) is 4.59. The van der Waals surface area contributed by atoms with E-state index < -0.39 is 0 Å². The number of pyridine rings is 1. The van der Waals surface area contributed by atoms with Crippen molar-refractivity contribution in [2.24, 2.45) is 0 Å². The molecule has 2 nitrogen and oxygen atoms in total. The monoisotopic (exact) mass is 276 g/mol. The van der Waals surface area contributed by atoms with Gasteiger partial charge >= 0.3 is 0 Å².